The standard InChI is InChI=1S/C14H19NO3S/c1-2-18-14(17)13(16)15(11-6-3-4-7-11)10-12-8-5-9-19-12/h5,8-9,11H,2-4,6-7,10H2,1H3. The Bertz CT molecular complexity index is 424. The molecule has 1 fully saturated rings. The molecular weight excluding hydrogens is 262 g/mol. The van der Waals surface area contributed by atoms with E-state index in [1.165, 1.54) is 0 Å². The van der Waals surface area contributed by atoms with Gasteiger partial charge in [-0.2, -0.15) is 0 Å². The van der Waals surface area contributed by atoms with Crippen LogP contribution in [0.1, 0.15) is 37.5 Å². The minimum Gasteiger partial charge on any atom is -0.459 e. The number of thiophene rings is 1. The normalized spacial score (nSPS) is 15.4. The van der Waals surface area contributed by atoms with E-state index >= 15 is 0 Å². The van der Waals surface area contributed by atoms with Gasteiger partial charge in [-0.1, -0.05) is 18.9 Å². The number of nitrogens with zero attached hydrogens (tertiary/aromatic N) is 1. The number of esters is 1. The predicted octanol–water partition coefficient (Wildman–Crippen LogP) is 2.58. The first-order valence-electron chi connectivity index (χ1n) is 6.72. The summed E-state index contributed by atoms with van der Waals surface area (Å²) >= 11 is 1.61. The van der Waals surface area contributed by atoms with Crippen molar-refractivity contribution in [2.45, 2.75) is 45.2 Å². The summed E-state index contributed by atoms with van der Waals surface area (Å²) in [6.07, 6.45) is 4.22. The van der Waals surface area contributed by atoms with Crippen LogP contribution < -0.4 is 0 Å². The van der Waals surface area contributed by atoms with Gasteiger partial charge in [0.1, 0.15) is 0 Å². The molecule has 0 aliphatic heterocycles. The predicted molar refractivity (Wildman–Crippen MR) is 73.8 cm³/mol. The van der Waals surface area contributed by atoms with Crippen molar-refractivity contribution in [1.82, 2.24) is 4.90 Å². The van der Waals surface area contributed by atoms with Gasteiger partial charge in [-0.25, -0.2) is 4.79 Å². The van der Waals surface area contributed by atoms with E-state index in [1.54, 1.807) is 23.2 Å². The first-order valence-corrected chi connectivity index (χ1v) is 7.60. The van der Waals surface area contributed by atoms with Crippen LogP contribution in [0.2, 0.25) is 0 Å². The second-order valence-electron chi connectivity index (χ2n) is 4.67. The number of ether oxygens (including phenoxy) is 1. The lowest BCUT2D eigenvalue weighted by atomic mass is 10.2. The molecule has 1 amide bonds. The fraction of sp³-hybridized carbons (Fsp3) is 0.571. The van der Waals surface area contributed by atoms with Crippen molar-refractivity contribution in [2.75, 3.05) is 6.61 Å². The second kappa shape index (κ2) is 6.70. The van der Waals surface area contributed by atoms with Crippen molar-refractivity contribution in [3.8, 4) is 0 Å². The molecule has 1 heterocycles. The van der Waals surface area contributed by atoms with E-state index in [9.17, 15) is 9.59 Å². The molecule has 104 valence electrons. The topological polar surface area (TPSA) is 46.6 Å². The van der Waals surface area contributed by atoms with Crippen LogP contribution in [0.25, 0.3) is 0 Å². The van der Waals surface area contributed by atoms with Crippen LogP contribution in [-0.4, -0.2) is 29.4 Å². The Labute approximate surface area is 117 Å². The maximum absolute atomic E-state index is 12.2. The van der Waals surface area contributed by atoms with Crippen LogP contribution in [0, 0.1) is 0 Å². The van der Waals surface area contributed by atoms with Gasteiger partial charge in [0, 0.05) is 10.9 Å². The summed E-state index contributed by atoms with van der Waals surface area (Å²) < 4.78 is 4.84. The molecule has 1 aliphatic rings. The maximum atomic E-state index is 12.2. The molecule has 0 atom stereocenters. The van der Waals surface area contributed by atoms with Crippen LogP contribution in [0.15, 0.2) is 17.5 Å². The Morgan fingerprint density at radius 1 is 1.42 bits per heavy atom. The first kappa shape index (κ1) is 14.1. The number of carbonyl (C=O) groups excluding carboxylic acids is 2. The molecule has 4 nitrogen and oxygen atoms in total. The lowest BCUT2D eigenvalue weighted by Gasteiger charge is -2.27. The molecule has 0 spiro atoms. The monoisotopic (exact) mass is 281 g/mol. The lowest BCUT2D eigenvalue weighted by molar-refractivity contribution is -0.161. The first-order chi connectivity index (χ1) is 9.22. The van der Waals surface area contributed by atoms with Crippen LogP contribution in [0.4, 0.5) is 0 Å². The maximum Gasteiger partial charge on any atom is 0.397 e. The van der Waals surface area contributed by atoms with Crippen LogP contribution in [0.3, 0.4) is 0 Å². The van der Waals surface area contributed by atoms with Crippen molar-refractivity contribution in [1.29, 1.82) is 0 Å². The Balaban J connectivity index is 2.09. The van der Waals surface area contributed by atoms with Crippen LogP contribution >= 0.6 is 11.3 Å². The molecule has 0 radical (unpaired) electrons. The third-order valence-electron chi connectivity index (χ3n) is 3.38. The zero-order valence-electron chi connectivity index (χ0n) is 11.1. The summed E-state index contributed by atoms with van der Waals surface area (Å²) in [5.41, 5.74) is 0. The number of rotatable bonds is 4. The SMILES string of the molecule is CCOC(=O)C(=O)N(Cc1cccs1)C1CCCC1. The van der Waals surface area contributed by atoms with Crippen LogP contribution in [0.5, 0.6) is 0 Å². The van der Waals surface area contributed by atoms with Gasteiger partial charge in [-0.3, -0.25) is 4.79 Å². The van der Waals surface area contributed by atoms with Gasteiger partial charge >= 0.3 is 11.9 Å². The van der Waals surface area contributed by atoms with Crippen molar-refractivity contribution in [3.63, 3.8) is 0 Å². The van der Waals surface area contributed by atoms with E-state index in [2.05, 4.69) is 0 Å². The van der Waals surface area contributed by atoms with Crippen molar-refractivity contribution >= 4 is 23.2 Å². The summed E-state index contributed by atoms with van der Waals surface area (Å²) in [4.78, 5) is 26.7. The average Bonchev–Trinajstić information content (AvgIpc) is 3.08. The summed E-state index contributed by atoms with van der Waals surface area (Å²) in [5, 5.41) is 1.98. The average molecular weight is 281 g/mol. The highest BCUT2D eigenvalue weighted by Crippen LogP contribution is 2.26. The fourth-order valence-corrected chi connectivity index (χ4v) is 3.17. The lowest BCUT2D eigenvalue weighted by Crippen LogP contribution is -2.42. The Hall–Kier alpha value is -1.36. The molecule has 1 aliphatic carbocycles. The van der Waals surface area contributed by atoms with E-state index in [1.807, 2.05) is 17.5 Å². The summed E-state index contributed by atoms with van der Waals surface area (Å²) in [7, 11) is 0. The molecule has 1 aromatic rings. The van der Waals surface area contributed by atoms with Gasteiger partial charge in [-0.05, 0) is 31.2 Å². The van der Waals surface area contributed by atoms with Crippen molar-refractivity contribution in [3.05, 3.63) is 22.4 Å². The Morgan fingerprint density at radius 2 is 2.16 bits per heavy atom. The summed E-state index contributed by atoms with van der Waals surface area (Å²) in [5.74, 6) is -1.23. The van der Waals surface area contributed by atoms with Gasteiger partial charge in [0.25, 0.3) is 0 Å². The number of hydrogen-bond donors (Lipinski definition) is 0. The molecule has 1 aromatic heterocycles. The highest BCUT2D eigenvalue weighted by Gasteiger charge is 2.31. The van der Waals surface area contributed by atoms with Crippen molar-refractivity contribution < 1.29 is 14.3 Å². The van der Waals surface area contributed by atoms with Crippen molar-refractivity contribution in [2.24, 2.45) is 0 Å². The zero-order chi connectivity index (χ0) is 13.7. The minimum absolute atomic E-state index is 0.180. The van der Waals surface area contributed by atoms with E-state index in [0.717, 1.165) is 30.6 Å². The van der Waals surface area contributed by atoms with Crippen LogP contribution in [-0.2, 0) is 20.9 Å². The highest BCUT2D eigenvalue weighted by molar-refractivity contribution is 7.09. The Morgan fingerprint density at radius 3 is 2.74 bits per heavy atom. The third-order valence-corrected chi connectivity index (χ3v) is 4.24. The van der Waals surface area contributed by atoms with Gasteiger partial charge in [0.15, 0.2) is 0 Å². The molecule has 5 heteroatoms. The summed E-state index contributed by atoms with van der Waals surface area (Å²) in [6, 6.07) is 4.13. The van der Waals surface area contributed by atoms with E-state index in [-0.39, 0.29) is 12.6 Å². The number of carbonyl (C=O) groups is 2. The fourth-order valence-electron chi connectivity index (χ4n) is 2.46. The van der Waals surface area contributed by atoms with E-state index in [4.69, 9.17) is 4.74 Å². The van der Waals surface area contributed by atoms with Gasteiger partial charge in [0.2, 0.25) is 0 Å². The smallest absolute Gasteiger partial charge is 0.397 e. The molecule has 19 heavy (non-hydrogen) atoms. The van der Waals surface area contributed by atoms with Gasteiger partial charge < -0.3 is 9.64 Å². The molecule has 0 unspecified atom stereocenters. The van der Waals surface area contributed by atoms with Gasteiger partial charge in [-0.15, -0.1) is 11.3 Å². The third kappa shape index (κ3) is 3.56. The number of hydrogen-bond acceptors (Lipinski definition) is 4. The second-order valence-corrected chi connectivity index (χ2v) is 5.70. The molecule has 2 rings (SSSR count). The molecule has 0 bridgehead atoms. The van der Waals surface area contributed by atoms with Gasteiger partial charge in [0.05, 0.1) is 13.2 Å². The molecule has 0 N–H and O–H groups in total. The molecule has 1 saturated carbocycles. The summed E-state index contributed by atoms with van der Waals surface area (Å²) in [6.45, 7) is 2.46. The van der Waals surface area contributed by atoms with E-state index < -0.39 is 11.9 Å². The largest absolute Gasteiger partial charge is 0.459 e. The molecule has 0 saturated heterocycles. The quantitative estimate of drug-likeness (QED) is 0.629. The van der Waals surface area contributed by atoms with E-state index in [0.29, 0.717) is 6.54 Å². The zero-order valence-corrected chi connectivity index (χ0v) is 11.9. The minimum atomic E-state index is -0.731. The molecule has 0 aromatic carbocycles. The highest BCUT2D eigenvalue weighted by atomic mass is 32.1. The molecular formula is C14H19NO3S. The Kier molecular flexibility index (Phi) is 4.96. The number of amides is 1.